The van der Waals surface area contributed by atoms with Gasteiger partial charge in [-0.15, -0.1) is 0 Å². The van der Waals surface area contributed by atoms with Crippen molar-refractivity contribution in [3.05, 3.63) is 30.1 Å². The Labute approximate surface area is 79.1 Å². The van der Waals surface area contributed by atoms with Crippen LogP contribution in [0.3, 0.4) is 0 Å². The van der Waals surface area contributed by atoms with E-state index < -0.39 is 0 Å². The highest BCUT2D eigenvalue weighted by Crippen LogP contribution is 1.88. The lowest BCUT2D eigenvalue weighted by molar-refractivity contribution is 0.109. The second-order valence-corrected chi connectivity index (χ2v) is 2.89. The third-order valence-corrected chi connectivity index (χ3v) is 1.69. The molecule has 0 saturated carbocycles. The standard InChI is InChI=1S/C6H7N.C4H9NO/c1-6-2-4-7-5-3-6;1-3-6-4-2-5-1/h2-5H,1H3;5H,1-4H2. The van der Waals surface area contributed by atoms with Crippen molar-refractivity contribution in [1.29, 1.82) is 0 Å². The number of ether oxygens (including phenoxy) is 1. The average molecular weight is 180 g/mol. The minimum atomic E-state index is 0.889. The molecular formula is C10H16N2O. The lowest BCUT2D eigenvalue weighted by Gasteiger charge is -2.10. The van der Waals surface area contributed by atoms with Crippen molar-refractivity contribution >= 4 is 0 Å². The molecule has 3 nitrogen and oxygen atoms in total. The van der Waals surface area contributed by atoms with Crippen LogP contribution >= 0.6 is 0 Å². The summed E-state index contributed by atoms with van der Waals surface area (Å²) in [6, 6.07) is 3.94. The van der Waals surface area contributed by atoms with Crippen LogP contribution in [0.4, 0.5) is 0 Å². The molecule has 1 aromatic rings. The highest BCUT2D eigenvalue weighted by atomic mass is 16.5. The highest BCUT2D eigenvalue weighted by Gasteiger charge is 1.92. The summed E-state index contributed by atoms with van der Waals surface area (Å²) in [5, 5.41) is 3.16. The van der Waals surface area contributed by atoms with Gasteiger partial charge >= 0.3 is 0 Å². The number of nitrogens with one attached hydrogen (secondary N) is 1. The van der Waals surface area contributed by atoms with E-state index in [0.717, 1.165) is 26.3 Å². The normalized spacial score (nSPS) is 15.8. The Bertz CT molecular complexity index is 198. The summed E-state index contributed by atoms with van der Waals surface area (Å²) in [7, 11) is 0. The van der Waals surface area contributed by atoms with Crippen LogP contribution in [-0.2, 0) is 4.74 Å². The molecular weight excluding hydrogens is 164 g/mol. The lowest BCUT2D eigenvalue weighted by Crippen LogP contribution is -2.30. The van der Waals surface area contributed by atoms with Crippen molar-refractivity contribution in [2.24, 2.45) is 0 Å². The molecule has 0 bridgehead atoms. The van der Waals surface area contributed by atoms with E-state index in [-0.39, 0.29) is 0 Å². The first-order chi connectivity index (χ1) is 6.39. The molecule has 0 atom stereocenters. The molecule has 0 spiro atoms. The number of hydrogen-bond acceptors (Lipinski definition) is 3. The van der Waals surface area contributed by atoms with Crippen LogP contribution in [-0.4, -0.2) is 31.3 Å². The van der Waals surface area contributed by atoms with Gasteiger partial charge in [-0.25, -0.2) is 0 Å². The Morgan fingerprint density at radius 1 is 1.23 bits per heavy atom. The van der Waals surface area contributed by atoms with Crippen molar-refractivity contribution in [2.75, 3.05) is 26.3 Å². The molecule has 0 radical (unpaired) electrons. The molecule has 1 aliphatic heterocycles. The van der Waals surface area contributed by atoms with Gasteiger partial charge in [0.25, 0.3) is 0 Å². The zero-order chi connectivity index (χ0) is 9.36. The van der Waals surface area contributed by atoms with Gasteiger partial charge in [0.05, 0.1) is 13.2 Å². The van der Waals surface area contributed by atoms with Gasteiger partial charge in [-0.2, -0.15) is 0 Å². The SMILES string of the molecule is C1COCCN1.Cc1ccncc1. The minimum Gasteiger partial charge on any atom is -0.379 e. The predicted molar refractivity (Wildman–Crippen MR) is 52.7 cm³/mol. The summed E-state index contributed by atoms with van der Waals surface area (Å²) in [5.74, 6) is 0. The van der Waals surface area contributed by atoms with Crippen LogP contribution in [0.1, 0.15) is 5.56 Å². The van der Waals surface area contributed by atoms with Crippen LogP contribution in [0, 0.1) is 6.92 Å². The van der Waals surface area contributed by atoms with Gasteiger partial charge in [-0.1, -0.05) is 0 Å². The van der Waals surface area contributed by atoms with E-state index >= 15 is 0 Å². The number of morpholine rings is 1. The summed E-state index contributed by atoms with van der Waals surface area (Å²) in [5.41, 5.74) is 1.26. The maximum Gasteiger partial charge on any atom is 0.0591 e. The van der Waals surface area contributed by atoms with Crippen LogP contribution < -0.4 is 5.32 Å². The molecule has 1 aromatic heterocycles. The summed E-state index contributed by atoms with van der Waals surface area (Å²) in [6.07, 6.45) is 3.57. The van der Waals surface area contributed by atoms with E-state index in [1.54, 1.807) is 12.4 Å². The smallest absolute Gasteiger partial charge is 0.0591 e. The minimum absolute atomic E-state index is 0.889. The quantitative estimate of drug-likeness (QED) is 0.646. The Morgan fingerprint density at radius 3 is 2.08 bits per heavy atom. The number of aromatic nitrogens is 1. The summed E-state index contributed by atoms with van der Waals surface area (Å²) in [4.78, 5) is 3.85. The third kappa shape index (κ3) is 5.33. The fourth-order valence-electron chi connectivity index (χ4n) is 0.942. The first-order valence-corrected chi connectivity index (χ1v) is 4.54. The first-order valence-electron chi connectivity index (χ1n) is 4.54. The first kappa shape index (κ1) is 10.2. The largest absolute Gasteiger partial charge is 0.379 e. The van der Waals surface area contributed by atoms with Gasteiger partial charge in [0.1, 0.15) is 0 Å². The van der Waals surface area contributed by atoms with Gasteiger partial charge in [0.2, 0.25) is 0 Å². The second kappa shape index (κ2) is 6.57. The molecule has 13 heavy (non-hydrogen) atoms. The van der Waals surface area contributed by atoms with Crippen molar-refractivity contribution in [3.63, 3.8) is 0 Å². The molecule has 2 heterocycles. The topological polar surface area (TPSA) is 34.1 Å². The zero-order valence-corrected chi connectivity index (χ0v) is 7.99. The van der Waals surface area contributed by atoms with E-state index in [9.17, 15) is 0 Å². The molecule has 1 saturated heterocycles. The second-order valence-electron chi connectivity index (χ2n) is 2.89. The molecule has 72 valence electrons. The van der Waals surface area contributed by atoms with E-state index in [2.05, 4.69) is 10.3 Å². The number of nitrogens with zero attached hydrogens (tertiary/aromatic N) is 1. The van der Waals surface area contributed by atoms with Gasteiger partial charge in [-0.05, 0) is 24.6 Å². The Balaban J connectivity index is 0.000000132. The van der Waals surface area contributed by atoms with Crippen molar-refractivity contribution in [2.45, 2.75) is 6.92 Å². The molecule has 3 heteroatoms. The fourth-order valence-corrected chi connectivity index (χ4v) is 0.942. The van der Waals surface area contributed by atoms with Gasteiger partial charge in [-0.3, -0.25) is 4.98 Å². The zero-order valence-electron chi connectivity index (χ0n) is 7.99. The third-order valence-electron chi connectivity index (χ3n) is 1.69. The highest BCUT2D eigenvalue weighted by molar-refractivity contribution is 5.05. The fraction of sp³-hybridized carbons (Fsp3) is 0.500. The number of rotatable bonds is 0. The van der Waals surface area contributed by atoms with Gasteiger partial charge in [0, 0.05) is 25.5 Å². The van der Waals surface area contributed by atoms with Gasteiger partial charge < -0.3 is 10.1 Å². The number of pyridine rings is 1. The van der Waals surface area contributed by atoms with E-state index in [0.29, 0.717) is 0 Å². The van der Waals surface area contributed by atoms with E-state index in [1.807, 2.05) is 19.1 Å². The summed E-state index contributed by atoms with van der Waals surface area (Å²) in [6.45, 7) is 5.88. The van der Waals surface area contributed by atoms with Crippen molar-refractivity contribution in [3.8, 4) is 0 Å². The Kier molecular flexibility index (Phi) is 5.13. The van der Waals surface area contributed by atoms with E-state index in [4.69, 9.17) is 4.74 Å². The molecule has 2 rings (SSSR count). The molecule has 0 aliphatic carbocycles. The molecule has 1 aliphatic rings. The molecule has 0 unspecified atom stereocenters. The van der Waals surface area contributed by atoms with Crippen LogP contribution in [0.15, 0.2) is 24.5 Å². The Morgan fingerprint density at radius 2 is 1.85 bits per heavy atom. The summed E-state index contributed by atoms with van der Waals surface area (Å²) >= 11 is 0. The van der Waals surface area contributed by atoms with Crippen LogP contribution in [0.2, 0.25) is 0 Å². The van der Waals surface area contributed by atoms with Crippen LogP contribution in [0.25, 0.3) is 0 Å². The number of hydrogen-bond donors (Lipinski definition) is 1. The maximum atomic E-state index is 5.01. The molecule has 1 N–H and O–H groups in total. The van der Waals surface area contributed by atoms with Crippen molar-refractivity contribution < 1.29 is 4.74 Å². The lowest BCUT2D eigenvalue weighted by atomic mass is 10.3. The Hall–Kier alpha value is -0.930. The molecule has 0 aromatic carbocycles. The van der Waals surface area contributed by atoms with Crippen LogP contribution in [0.5, 0.6) is 0 Å². The number of aryl methyl sites for hydroxylation is 1. The maximum absolute atomic E-state index is 5.01. The molecule has 0 amide bonds. The average Bonchev–Trinajstić information content (AvgIpc) is 2.22. The van der Waals surface area contributed by atoms with E-state index in [1.165, 1.54) is 5.56 Å². The van der Waals surface area contributed by atoms with Gasteiger partial charge in [0.15, 0.2) is 0 Å². The van der Waals surface area contributed by atoms with Crippen molar-refractivity contribution in [1.82, 2.24) is 10.3 Å². The summed E-state index contributed by atoms with van der Waals surface area (Å²) < 4.78 is 5.01. The predicted octanol–water partition coefficient (Wildman–Crippen LogP) is 0.996. The monoisotopic (exact) mass is 180 g/mol. The molecule has 1 fully saturated rings.